The maximum Gasteiger partial charge on any atom is 0.263 e. The van der Waals surface area contributed by atoms with Crippen LogP contribution in [0.2, 0.25) is 0 Å². The maximum atomic E-state index is 12.4. The van der Waals surface area contributed by atoms with Gasteiger partial charge in [0.05, 0.1) is 18.5 Å². The van der Waals surface area contributed by atoms with Crippen molar-refractivity contribution in [2.24, 2.45) is 0 Å². The molecule has 0 aliphatic heterocycles. The summed E-state index contributed by atoms with van der Waals surface area (Å²) < 4.78 is 5.32. The summed E-state index contributed by atoms with van der Waals surface area (Å²) in [5.74, 6) is 0.609. The summed E-state index contributed by atoms with van der Waals surface area (Å²) in [6.45, 7) is 2.33. The Labute approximate surface area is 150 Å². The number of amides is 1. The highest BCUT2D eigenvalue weighted by Gasteiger charge is 2.16. The lowest BCUT2D eigenvalue weighted by Crippen LogP contribution is -2.22. The van der Waals surface area contributed by atoms with Crippen molar-refractivity contribution in [1.82, 2.24) is 10.3 Å². The summed E-state index contributed by atoms with van der Waals surface area (Å²) in [5, 5.41) is 6.81. The first-order valence-electron chi connectivity index (χ1n) is 7.87. The van der Waals surface area contributed by atoms with Crippen LogP contribution in [0.25, 0.3) is 0 Å². The summed E-state index contributed by atoms with van der Waals surface area (Å²) in [4.78, 5) is 17.5. The van der Waals surface area contributed by atoms with Gasteiger partial charge in [-0.1, -0.05) is 53.8 Å². The van der Waals surface area contributed by atoms with Crippen LogP contribution in [-0.2, 0) is 6.54 Å². The third-order valence-corrected chi connectivity index (χ3v) is 4.72. The Bertz CT molecular complexity index is 862. The smallest absolute Gasteiger partial charge is 0.263 e. The van der Waals surface area contributed by atoms with E-state index in [1.807, 2.05) is 61.5 Å². The molecule has 1 heterocycles. The van der Waals surface area contributed by atoms with Crippen molar-refractivity contribution in [3.05, 3.63) is 70.7 Å². The molecule has 0 fully saturated rings. The van der Waals surface area contributed by atoms with E-state index in [0.717, 1.165) is 17.0 Å². The third-order valence-electron chi connectivity index (χ3n) is 3.65. The number of ether oxygens (including phenoxy) is 1. The molecule has 0 unspecified atom stereocenters. The number of hydrogen-bond acceptors (Lipinski definition) is 5. The molecule has 2 N–H and O–H groups in total. The number of carbonyl (C=O) groups is 1. The fraction of sp³-hybridized carbons (Fsp3) is 0.158. The zero-order valence-electron chi connectivity index (χ0n) is 14.1. The number of aromatic nitrogens is 1. The Kier molecular flexibility index (Phi) is 5.30. The monoisotopic (exact) mass is 353 g/mol. The molecule has 0 bridgehead atoms. The normalized spacial score (nSPS) is 10.3. The van der Waals surface area contributed by atoms with E-state index < -0.39 is 0 Å². The van der Waals surface area contributed by atoms with E-state index in [1.54, 1.807) is 7.11 Å². The van der Waals surface area contributed by atoms with Gasteiger partial charge in [-0.15, -0.1) is 0 Å². The number of rotatable bonds is 6. The second kappa shape index (κ2) is 7.81. The number of para-hydroxylation sites is 2. The van der Waals surface area contributed by atoms with Crippen molar-refractivity contribution in [1.29, 1.82) is 0 Å². The number of methoxy groups -OCH3 is 1. The lowest BCUT2D eigenvalue weighted by Gasteiger charge is -2.07. The van der Waals surface area contributed by atoms with Crippen LogP contribution in [0.3, 0.4) is 0 Å². The summed E-state index contributed by atoms with van der Waals surface area (Å²) in [6, 6.07) is 17.4. The van der Waals surface area contributed by atoms with E-state index in [4.69, 9.17) is 4.74 Å². The van der Waals surface area contributed by atoms with Gasteiger partial charge in [-0.25, -0.2) is 4.98 Å². The summed E-state index contributed by atoms with van der Waals surface area (Å²) in [6.07, 6.45) is 0. The van der Waals surface area contributed by atoms with Gasteiger partial charge < -0.3 is 15.4 Å². The number of anilines is 2. The number of aryl methyl sites for hydroxylation is 1. The van der Waals surface area contributed by atoms with Gasteiger partial charge in [0.25, 0.3) is 5.91 Å². The quantitative estimate of drug-likeness (QED) is 0.699. The molecule has 0 aliphatic carbocycles. The van der Waals surface area contributed by atoms with Crippen molar-refractivity contribution >= 4 is 28.1 Å². The molecular formula is C19H19N3O2S. The number of nitrogens with zero attached hydrogens (tertiary/aromatic N) is 1. The standard InChI is InChI=1S/C19H19N3O2S/c1-13-17(18(23)20-12-14-8-4-3-5-9-14)25-19(21-13)22-15-10-6-7-11-16(15)24-2/h3-11H,12H2,1-2H3,(H,20,23)(H,21,22). The molecule has 25 heavy (non-hydrogen) atoms. The summed E-state index contributed by atoms with van der Waals surface area (Å²) >= 11 is 1.33. The first-order chi connectivity index (χ1) is 12.2. The second-order valence-corrected chi connectivity index (χ2v) is 6.43. The molecule has 0 saturated heterocycles. The lowest BCUT2D eigenvalue weighted by atomic mass is 10.2. The van der Waals surface area contributed by atoms with E-state index in [2.05, 4.69) is 15.6 Å². The highest BCUT2D eigenvalue weighted by Crippen LogP contribution is 2.30. The second-order valence-electron chi connectivity index (χ2n) is 5.43. The molecule has 5 nitrogen and oxygen atoms in total. The topological polar surface area (TPSA) is 63.2 Å². The molecule has 1 amide bonds. The Balaban J connectivity index is 1.70. The van der Waals surface area contributed by atoms with Crippen LogP contribution in [0, 0.1) is 6.92 Å². The van der Waals surface area contributed by atoms with Crippen molar-refractivity contribution in [3.63, 3.8) is 0 Å². The molecule has 128 valence electrons. The predicted octanol–water partition coefficient (Wildman–Crippen LogP) is 4.13. The molecule has 2 aromatic carbocycles. The van der Waals surface area contributed by atoms with Crippen LogP contribution in [0.15, 0.2) is 54.6 Å². The van der Waals surface area contributed by atoms with Crippen molar-refractivity contribution in [3.8, 4) is 5.75 Å². The summed E-state index contributed by atoms with van der Waals surface area (Å²) in [7, 11) is 1.62. The number of thiazole rings is 1. The fourth-order valence-corrected chi connectivity index (χ4v) is 3.28. The van der Waals surface area contributed by atoms with E-state index in [1.165, 1.54) is 11.3 Å². The maximum absolute atomic E-state index is 12.4. The van der Waals surface area contributed by atoms with Gasteiger partial charge >= 0.3 is 0 Å². The van der Waals surface area contributed by atoms with E-state index in [0.29, 0.717) is 22.2 Å². The average molecular weight is 353 g/mol. The zero-order chi connectivity index (χ0) is 17.6. The van der Waals surface area contributed by atoms with Gasteiger partial charge in [0.2, 0.25) is 0 Å². The molecule has 6 heteroatoms. The van der Waals surface area contributed by atoms with Gasteiger partial charge in [-0.2, -0.15) is 0 Å². The van der Waals surface area contributed by atoms with E-state index >= 15 is 0 Å². The van der Waals surface area contributed by atoms with Crippen molar-refractivity contribution in [2.45, 2.75) is 13.5 Å². The molecule has 0 aliphatic rings. The molecule has 0 radical (unpaired) electrons. The molecule has 0 saturated carbocycles. The SMILES string of the molecule is COc1ccccc1Nc1nc(C)c(C(=O)NCc2ccccc2)s1. The van der Waals surface area contributed by atoms with Crippen LogP contribution in [-0.4, -0.2) is 18.0 Å². The van der Waals surface area contributed by atoms with Gasteiger partial charge in [0, 0.05) is 6.54 Å². The number of carbonyl (C=O) groups excluding carboxylic acids is 1. The largest absolute Gasteiger partial charge is 0.495 e. The minimum Gasteiger partial charge on any atom is -0.495 e. The van der Waals surface area contributed by atoms with Crippen LogP contribution < -0.4 is 15.4 Å². The molecule has 0 atom stereocenters. The van der Waals surface area contributed by atoms with Crippen molar-refractivity contribution < 1.29 is 9.53 Å². The number of nitrogens with one attached hydrogen (secondary N) is 2. The molecule has 1 aromatic heterocycles. The molecule has 3 aromatic rings. The van der Waals surface area contributed by atoms with Gasteiger partial charge in [-0.3, -0.25) is 4.79 Å². The van der Waals surface area contributed by atoms with Crippen LogP contribution >= 0.6 is 11.3 Å². The van der Waals surface area contributed by atoms with Gasteiger partial charge in [0.15, 0.2) is 5.13 Å². The Morgan fingerprint density at radius 3 is 2.60 bits per heavy atom. The fourth-order valence-electron chi connectivity index (χ4n) is 2.38. The highest BCUT2D eigenvalue weighted by molar-refractivity contribution is 7.17. The average Bonchev–Trinajstić information content (AvgIpc) is 3.01. The van der Waals surface area contributed by atoms with E-state index in [9.17, 15) is 4.79 Å². The zero-order valence-corrected chi connectivity index (χ0v) is 14.9. The minimum absolute atomic E-state index is 0.119. The lowest BCUT2D eigenvalue weighted by molar-refractivity contribution is 0.0954. The van der Waals surface area contributed by atoms with Crippen LogP contribution in [0.4, 0.5) is 10.8 Å². The number of benzene rings is 2. The first-order valence-corrected chi connectivity index (χ1v) is 8.68. The van der Waals surface area contributed by atoms with E-state index in [-0.39, 0.29) is 5.91 Å². The Morgan fingerprint density at radius 2 is 1.84 bits per heavy atom. The van der Waals surface area contributed by atoms with Gasteiger partial charge in [0.1, 0.15) is 10.6 Å². The van der Waals surface area contributed by atoms with Crippen LogP contribution in [0.5, 0.6) is 5.75 Å². The molecule has 0 spiro atoms. The van der Waals surface area contributed by atoms with Crippen molar-refractivity contribution in [2.75, 3.05) is 12.4 Å². The Morgan fingerprint density at radius 1 is 1.12 bits per heavy atom. The minimum atomic E-state index is -0.119. The highest BCUT2D eigenvalue weighted by atomic mass is 32.1. The van der Waals surface area contributed by atoms with Gasteiger partial charge in [-0.05, 0) is 24.6 Å². The first kappa shape index (κ1) is 17.0. The Hall–Kier alpha value is -2.86. The van der Waals surface area contributed by atoms with Crippen LogP contribution in [0.1, 0.15) is 20.9 Å². The molecular weight excluding hydrogens is 334 g/mol. The number of hydrogen-bond donors (Lipinski definition) is 2. The summed E-state index contributed by atoms with van der Waals surface area (Å²) in [5.41, 5.74) is 2.58. The third kappa shape index (κ3) is 4.16. The molecule has 3 rings (SSSR count). The predicted molar refractivity (Wildman–Crippen MR) is 101 cm³/mol.